The fourth-order valence-electron chi connectivity index (χ4n) is 1.65. The van der Waals surface area contributed by atoms with Gasteiger partial charge < -0.3 is 9.52 Å². The van der Waals surface area contributed by atoms with E-state index in [9.17, 15) is 4.79 Å². The first-order valence-corrected chi connectivity index (χ1v) is 6.66. The first-order chi connectivity index (χ1) is 9.06. The van der Waals surface area contributed by atoms with Gasteiger partial charge in [-0.05, 0) is 47.0 Å². The molecule has 0 spiro atoms. The van der Waals surface area contributed by atoms with Crippen LogP contribution in [0.25, 0.3) is 11.5 Å². The van der Waals surface area contributed by atoms with Crippen LogP contribution in [-0.4, -0.2) is 21.3 Å². The summed E-state index contributed by atoms with van der Waals surface area (Å²) in [5, 5.41) is 16.5. The molecule has 1 heterocycles. The molecule has 0 radical (unpaired) electrons. The number of hydrogen-bond acceptors (Lipinski definition) is 4. The molecule has 0 bridgehead atoms. The number of carboxylic acids is 1. The van der Waals surface area contributed by atoms with E-state index in [0.717, 1.165) is 15.6 Å². The highest BCUT2D eigenvalue weighted by Gasteiger charge is 2.12. The molecule has 0 unspecified atom stereocenters. The number of aromatic nitrogens is 2. The third-order valence-electron chi connectivity index (χ3n) is 2.60. The zero-order valence-corrected chi connectivity index (χ0v) is 12.0. The number of benzene rings is 1. The van der Waals surface area contributed by atoms with Crippen molar-refractivity contribution in [3.05, 3.63) is 34.1 Å². The van der Waals surface area contributed by atoms with Gasteiger partial charge in [0.15, 0.2) is 0 Å². The normalized spacial score (nSPS) is 10.6. The molecule has 6 heteroatoms. The molecule has 0 saturated carbocycles. The summed E-state index contributed by atoms with van der Waals surface area (Å²) in [5.41, 5.74) is 1.97. The summed E-state index contributed by atoms with van der Waals surface area (Å²) in [4.78, 5) is 10.4. The molecular formula is C13H13BrN2O3. The van der Waals surface area contributed by atoms with E-state index in [1.807, 2.05) is 25.1 Å². The van der Waals surface area contributed by atoms with Gasteiger partial charge in [0, 0.05) is 17.3 Å². The molecule has 0 aliphatic carbocycles. The molecule has 5 nitrogen and oxygen atoms in total. The maximum Gasteiger partial charge on any atom is 0.303 e. The van der Waals surface area contributed by atoms with Crippen molar-refractivity contribution >= 4 is 21.9 Å². The number of aryl methyl sites for hydroxylation is 2. The Morgan fingerprint density at radius 2 is 2.21 bits per heavy atom. The molecule has 1 aromatic heterocycles. The number of hydrogen-bond donors (Lipinski definition) is 1. The number of halogens is 1. The lowest BCUT2D eigenvalue weighted by Gasteiger charge is -2.00. The summed E-state index contributed by atoms with van der Waals surface area (Å²) < 4.78 is 6.42. The Hall–Kier alpha value is -1.69. The fraction of sp³-hybridized carbons (Fsp3) is 0.308. The summed E-state index contributed by atoms with van der Waals surface area (Å²) in [5.74, 6) is 0.0851. The average Bonchev–Trinajstić information content (AvgIpc) is 2.77. The molecule has 0 atom stereocenters. The Kier molecular flexibility index (Phi) is 4.31. The van der Waals surface area contributed by atoms with E-state index < -0.39 is 5.97 Å². The minimum atomic E-state index is -0.819. The molecule has 0 fully saturated rings. The van der Waals surface area contributed by atoms with Gasteiger partial charge in [-0.3, -0.25) is 4.79 Å². The highest BCUT2D eigenvalue weighted by atomic mass is 79.9. The van der Waals surface area contributed by atoms with Crippen molar-refractivity contribution in [2.45, 2.75) is 26.2 Å². The predicted octanol–water partition coefficient (Wildman–Crippen LogP) is 3.21. The number of carboxylic acid groups (broad SMARTS) is 1. The molecule has 0 aliphatic rings. The van der Waals surface area contributed by atoms with E-state index in [1.54, 1.807) is 0 Å². The third kappa shape index (κ3) is 3.64. The van der Waals surface area contributed by atoms with Gasteiger partial charge in [0.25, 0.3) is 0 Å². The summed E-state index contributed by atoms with van der Waals surface area (Å²) in [7, 11) is 0. The molecule has 19 heavy (non-hydrogen) atoms. The zero-order chi connectivity index (χ0) is 13.8. The van der Waals surface area contributed by atoms with Crippen LogP contribution in [0.1, 0.15) is 24.3 Å². The molecule has 0 aliphatic heterocycles. The largest absolute Gasteiger partial charge is 0.481 e. The van der Waals surface area contributed by atoms with Crippen LogP contribution in [-0.2, 0) is 11.2 Å². The van der Waals surface area contributed by atoms with Gasteiger partial charge >= 0.3 is 5.97 Å². The summed E-state index contributed by atoms with van der Waals surface area (Å²) in [6.45, 7) is 2.00. The first-order valence-electron chi connectivity index (χ1n) is 5.87. The summed E-state index contributed by atoms with van der Waals surface area (Å²) in [6, 6.07) is 5.85. The monoisotopic (exact) mass is 324 g/mol. The predicted molar refractivity (Wildman–Crippen MR) is 72.7 cm³/mol. The third-order valence-corrected chi connectivity index (χ3v) is 3.26. The van der Waals surface area contributed by atoms with Crippen molar-refractivity contribution in [2.75, 3.05) is 0 Å². The van der Waals surface area contributed by atoms with Crippen molar-refractivity contribution in [1.82, 2.24) is 10.2 Å². The SMILES string of the molecule is Cc1ccc(-c2nnc(CCCC(=O)O)o2)c(Br)c1. The Morgan fingerprint density at radius 3 is 2.89 bits per heavy atom. The van der Waals surface area contributed by atoms with Crippen molar-refractivity contribution in [3.63, 3.8) is 0 Å². The smallest absolute Gasteiger partial charge is 0.303 e. The van der Waals surface area contributed by atoms with Crippen molar-refractivity contribution in [1.29, 1.82) is 0 Å². The highest BCUT2D eigenvalue weighted by molar-refractivity contribution is 9.10. The minimum absolute atomic E-state index is 0.103. The lowest BCUT2D eigenvalue weighted by atomic mass is 10.1. The van der Waals surface area contributed by atoms with E-state index in [0.29, 0.717) is 24.6 Å². The Labute approximate surface area is 118 Å². The fourth-order valence-corrected chi connectivity index (χ4v) is 2.31. The van der Waals surface area contributed by atoms with Gasteiger partial charge in [0.2, 0.25) is 11.8 Å². The molecule has 100 valence electrons. The first kappa shape index (κ1) is 13.7. The van der Waals surface area contributed by atoms with E-state index >= 15 is 0 Å². The standard InChI is InChI=1S/C13H13BrN2O3/c1-8-5-6-9(10(14)7-8)13-16-15-11(19-13)3-2-4-12(17)18/h5-7H,2-4H2,1H3,(H,17,18). The van der Waals surface area contributed by atoms with E-state index in [1.165, 1.54) is 0 Å². The Bertz CT molecular complexity index is 595. The number of aliphatic carboxylic acids is 1. The molecule has 0 amide bonds. The van der Waals surface area contributed by atoms with E-state index in [-0.39, 0.29) is 6.42 Å². The topological polar surface area (TPSA) is 76.2 Å². The van der Waals surface area contributed by atoms with Crippen LogP contribution in [0.2, 0.25) is 0 Å². The number of nitrogens with zero attached hydrogens (tertiary/aromatic N) is 2. The molecular weight excluding hydrogens is 312 g/mol. The lowest BCUT2D eigenvalue weighted by molar-refractivity contribution is -0.137. The van der Waals surface area contributed by atoms with Crippen LogP contribution >= 0.6 is 15.9 Å². The van der Waals surface area contributed by atoms with Gasteiger partial charge in [0.05, 0.1) is 5.56 Å². The molecule has 2 aromatic rings. The van der Waals surface area contributed by atoms with Crippen LogP contribution in [0.4, 0.5) is 0 Å². The summed E-state index contributed by atoms with van der Waals surface area (Å²) in [6.07, 6.45) is 1.07. The van der Waals surface area contributed by atoms with Crippen LogP contribution in [0.3, 0.4) is 0 Å². The van der Waals surface area contributed by atoms with Crippen molar-refractivity contribution in [3.8, 4) is 11.5 Å². The second kappa shape index (κ2) is 5.97. The second-order valence-electron chi connectivity index (χ2n) is 4.23. The maximum atomic E-state index is 10.4. The minimum Gasteiger partial charge on any atom is -0.481 e. The molecule has 0 saturated heterocycles. The Balaban J connectivity index is 2.10. The number of carbonyl (C=O) groups is 1. The van der Waals surface area contributed by atoms with Crippen LogP contribution in [0, 0.1) is 6.92 Å². The second-order valence-corrected chi connectivity index (χ2v) is 5.09. The lowest BCUT2D eigenvalue weighted by Crippen LogP contribution is -1.95. The summed E-state index contributed by atoms with van der Waals surface area (Å²) >= 11 is 3.46. The quantitative estimate of drug-likeness (QED) is 0.913. The van der Waals surface area contributed by atoms with Crippen molar-refractivity contribution < 1.29 is 14.3 Å². The van der Waals surface area contributed by atoms with E-state index in [2.05, 4.69) is 26.1 Å². The molecule has 1 aromatic carbocycles. The van der Waals surface area contributed by atoms with Gasteiger partial charge in [0.1, 0.15) is 0 Å². The average molecular weight is 325 g/mol. The van der Waals surface area contributed by atoms with Gasteiger partial charge in [-0.25, -0.2) is 0 Å². The van der Waals surface area contributed by atoms with Crippen LogP contribution in [0.15, 0.2) is 27.1 Å². The van der Waals surface area contributed by atoms with Gasteiger partial charge in [-0.15, -0.1) is 10.2 Å². The maximum absolute atomic E-state index is 10.4. The molecule has 1 N–H and O–H groups in total. The van der Waals surface area contributed by atoms with Crippen molar-refractivity contribution in [2.24, 2.45) is 0 Å². The Morgan fingerprint density at radius 1 is 1.42 bits per heavy atom. The van der Waals surface area contributed by atoms with Crippen LogP contribution in [0.5, 0.6) is 0 Å². The van der Waals surface area contributed by atoms with Gasteiger partial charge in [-0.1, -0.05) is 6.07 Å². The van der Waals surface area contributed by atoms with E-state index in [4.69, 9.17) is 9.52 Å². The van der Waals surface area contributed by atoms with Gasteiger partial charge in [-0.2, -0.15) is 0 Å². The number of rotatable bonds is 5. The zero-order valence-electron chi connectivity index (χ0n) is 10.4. The molecule has 2 rings (SSSR count). The van der Waals surface area contributed by atoms with Crippen LogP contribution < -0.4 is 0 Å². The highest BCUT2D eigenvalue weighted by Crippen LogP contribution is 2.28.